The number of amides is 2. The maximum Gasteiger partial charge on any atom is 0.340 e. The highest BCUT2D eigenvalue weighted by Gasteiger charge is 2.20. The Balaban J connectivity index is 1.93. The molecule has 0 aliphatic carbocycles. The van der Waals surface area contributed by atoms with E-state index in [1.54, 1.807) is 4.68 Å². The van der Waals surface area contributed by atoms with Crippen LogP contribution in [-0.4, -0.2) is 44.2 Å². The molecule has 3 heterocycles. The fourth-order valence-corrected chi connectivity index (χ4v) is 3.09. The van der Waals surface area contributed by atoms with Crippen molar-refractivity contribution in [3.05, 3.63) is 28.5 Å². The molecule has 3 aromatic heterocycles. The van der Waals surface area contributed by atoms with Crippen molar-refractivity contribution in [1.29, 1.82) is 0 Å². The molecule has 3 rings (SSSR count). The number of rotatable bonds is 6. The van der Waals surface area contributed by atoms with Gasteiger partial charge in [0.05, 0.1) is 18.8 Å². The van der Waals surface area contributed by atoms with Gasteiger partial charge in [-0.1, -0.05) is 30.6 Å². The van der Waals surface area contributed by atoms with Crippen LogP contribution in [0.3, 0.4) is 0 Å². The average Bonchev–Trinajstić information content (AvgIpc) is 3.16. The van der Waals surface area contributed by atoms with Gasteiger partial charge in [-0.15, -0.1) is 0 Å². The van der Waals surface area contributed by atoms with Gasteiger partial charge in [-0.05, 0) is 24.5 Å². The number of aryl methyl sites for hydroxylation is 2. The molecule has 0 radical (unpaired) electrons. The van der Waals surface area contributed by atoms with Crippen molar-refractivity contribution in [2.24, 2.45) is 7.05 Å². The van der Waals surface area contributed by atoms with Gasteiger partial charge in [0.15, 0.2) is 10.8 Å². The second-order valence-electron chi connectivity index (χ2n) is 6.59. The molecule has 0 saturated heterocycles. The normalized spacial score (nSPS) is 11.2. The van der Waals surface area contributed by atoms with Crippen molar-refractivity contribution in [3.63, 3.8) is 0 Å². The Kier molecular flexibility index (Phi) is 5.71. The van der Waals surface area contributed by atoms with Crippen LogP contribution in [0.5, 0.6) is 0 Å². The summed E-state index contributed by atoms with van der Waals surface area (Å²) in [4.78, 5) is 16.9. The molecule has 0 spiro atoms. The van der Waals surface area contributed by atoms with E-state index in [4.69, 9.17) is 16.1 Å². The Hall–Kier alpha value is -2.85. The number of hydrogen-bond donors (Lipinski definition) is 3. The van der Waals surface area contributed by atoms with Crippen LogP contribution in [0.15, 0.2) is 16.7 Å². The minimum Gasteiger partial charge on any atom is -0.394 e. The van der Waals surface area contributed by atoms with Crippen molar-refractivity contribution < 1.29 is 14.4 Å². The number of aliphatic hydroxyl groups excluding tert-OH is 1. The maximum absolute atomic E-state index is 12.3. The molecule has 3 aromatic rings. The topological polar surface area (TPSA) is 121 Å². The highest BCUT2D eigenvalue weighted by molar-refractivity contribution is 6.29. The van der Waals surface area contributed by atoms with Gasteiger partial charge in [0.25, 0.3) is 0 Å². The number of aliphatic hydroxyl groups is 1. The zero-order chi connectivity index (χ0) is 20.4. The van der Waals surface area contributed by atoms with Crippen LogP contribution in [0.1, 0.15) is 31.0 Å². The lowest BCUT2D eigenvalue weighted by Gasteiger charge is -2.24. The zero-order valence-electron chi connectivity index (χ0n) is 16.0. The van der Waals surface area contributed by atoms with Gasteiger partial charge >= 0.3 is 6.03 Å². The van der Waals surface area contributed by atoms with E-state index in [-0.39, 0.29) is 30.1 Å². The number of urea groups is 1. The van der Waals surface area contributed by atoms with Crippen LogP contribution < -0.4 is 15.8 Å². The van der Waals surface area contributed by atoms with Crippen molar-refractivity contribution in [3.8, 4) is 0 Å². The first kappa shape index (κ1) is 19.9. The number of nitrogens with one attached hydrogen (secondary N) is 2. The molecule has 11 heteroatoms. The minimum absolute atomic E-state index is 0.0972. The van der Waals surface area contributed by atoms with Crippen LogP contribution in [-0.2, 0) is 7.05 Å². The first-order valence-electron chi connectivity index (χ1n) is 8.72. The van der Waals surface area contributed by atoms with Crippen LogP contribution in [0.25, 0.3) is 11.0 Å². The summed E-state index contributed by atoms with van der Waals surface area (Å²) in [6, 6.07) is 2.68. The summed E-state index contributed by atoms with van der Waals surface area (Å²) in [6.45, 7) is 6.05. The lowest BCUT2D eigenvalue weighted by molar-refractivity contribution is 0.247. The second kappa shape index (κ2) is 8.03. The summed E-state index contributed by atoms with van der Waals surface area (Å²) in [7, 11) is 1.82. The number of hydrogen-bond acceptors (Lipinski definition) is 7. The van der Waals surface area contributed by atoms with E-state index in [1.165, 1.54) is 11.1 Å². The Labute approximate surface area is 166 Å². The van der Waals surface area contributed by atoms with Crippen LogP contribution >= 0.6 is 11.6 Å². The highest BCUT2D eigenvalue weighted by Crippen LogP contribution is 2.30. The van der Waals surface area contributed by atoms with Crippen molar-refractivity contribution in [2.75, 3.05) is 23.5 Å². The number of anilines is 2. The van der Waals surface area contributed by atoms with Gasteiger partial charge in [-0.25, -0.2) is 15.2 Å². The highest BCUT2D eigenvalue weighted by atomic mass is 35.5. The lowest BCUT2D eigenvalue weighted by atomic mass is 10.00. The van der Waals surface area contributed by atoms with Gasteiger partial charge in [-0.2, -0.15) is 5.10 Å². The summed E-state index contributed by atoms with van der Waals surface area (Å²) < 4.78 is 6.56. The van der Waals surface area contributed by atoms with Gasteiger partial charge < -0.3 is 9.63 Å². The Bertz CT molecular complexity index is 998. The monoisotopic (exact) mass is 407 g/mol. The molecule has 0 fully saturated rings. The zero-order valence-corrected chi connectivity index (χ0v) is 16.8. The third-order valence-electron chi connectivity index (χ3n) is 4.16. The molecular formula is C17H22ClN7O3. The molecule has 0 atom stereocenters. The first-order valence-corrected chi connectivity index (χ1v) is 9.10. The maximum atomic E-state index is 12.3. The summed E-state index contributed by atoms with van der Waals surface area (Å²) in [5.74, 6) is 0.798. The predicted octanol–water partition coefficient (Wildman–Crippen LogP) is 2.58. The van der Waals surface area contributed by atoms with E-state index < -0.39 is 6.03 Å². The average molecular weight is 408 g/mol. The molecule has 0 aliphatic heterocycles. The summed E-state index contributed by atoms with van der Waals surface area (Å²) >= 11 is 5.68. The number of pyridine rings is 1. The van der Waals surface area contributed by atoms with Gasteiger partial charge in [0.2, 0.25) is 5.88 Å². The number of hydrazine groups is 1. The Morgan fingerprint density at radius 2 is 2.18 bits per heavy atom. The number of carbonyl (C=O) groups excluding carboxylic acids is 1. The molecule has 0 unspecified atom stereocenters. The smallest absolute Gasteiger partial charge is 0.340 e. The van der Waals surface area contributed by atoms with Crippen LogP contribution in [0, 0.1) is 6.92 Å². The molecule has 0 bridgehead atoms. The van der Waals surface area contributed by atoms with E-state index in [1.807, 2.05) is 20.0 Å². The molecule has 2 amide bonds. The van der Waals surface area contributed by atoms with Crippen molar-refractivity contribution in [1.82, 2.24) is 25.3 Å². The first-order chi connectivity index (χ1) is 13.3. The van der Waals surface area contributed by atoms with E-state index >= 15 is 0 Å². The van der Waals surface area contributed by atoms with Crippen LogP contribution in [0.4, 0.5) is 16.5 Å². The fraction of sp³-hybridized carbons (Fsp3) is 0.412. The Morgan fingerprint density at radius 3 is 2.79 bits per heavy atom. The Morgan fingerprint density at radius 1 is 1.43 bits per heavy atom. The number of fused-ring (bicyclic) bond motifs is 1. The molecular weight excluding hydrogens is 386 g/mol. The van der Waals surface area contributed by atoms with Gasteiger partial charge in [-0.3, -0.25) is 15.0 Å². The quantitative estimate of drug-likeness (QED) is 0.537. The molecule has 3 N–H and O–H groups in total. The van der Waals surface area contributed by atoms with E-state index in [9.17, 15) is 9.90 Å². The summed E-state index contributed by atoms with van der Waals surface area (Å²) in [5.41, 5.74) is 5.29. The SMILES string of the molecule is Cc1nn(C)c2nc(N(CCO)NC(=O)Nc3cc(Cl)no3)cc(C(C)C)c12. The van der Waals surface area contributed by atoms with Gasteiger partial charge in [0.1, 0.15) is 5.82 Å². The largest absolute Gasteiger partial charge is 0.394 e. The number of nitrogens with zero attached hydrogens (tertiary/aromatic N) is 5. The van der Waals surface area contributed by atoms with E-state index in [0.717, 1.165) is 16.6 Å². The van der Waals surface area contributed by atoms with E-state index in [2.05, 4.69) is 39.8 Å². The van der Waals surface area contributed by atoms with Crippen LogP contribution in [0.2, 0.25) is 5.15 Å². The third-order valence-corrected chi connectivity index (χ3v) is 4.34. The number of halogens is 1. The molecule has 28 heavy (non-hydrogen) atoms. The third kappa shape index (κ3) is 4.02. The van der Waals surface area contributed by atoms with Crippen molar-refractivity contribution in [2.45, 2.75) is 26.7 Å². The molecule has 0 aliphatic rings. The molecule has 10 nitrogen and oxygen atoms in total. The molecule has 0 saturated carbocycles. The predicted molar refractivity (Wildman–Crippen MR) is 105 cm³/mol. The lowest BCUT2D eigenvalue weighted by Crippen LogP contribution is -2.46. The van der Waals surface area contributed by atoms with Crippen molar-refractivity contribution >= 4 is 40.4 Å². The summed E-state index contributed by atoms with van der Waals surface area (Å²) in [5, 5.41) is 22.5. The fourth-order valence-electron chi connectivity index (χ4n) is 2.96. The molecule has 150 valence electrons. The number of carbonyl (C=O) groups is 1. The second-order valence-corrected chi connectivity index (χ2v) is 6.97. The summed E-state index contributed by atoms with van der Waals surface area (Å²) in [6.07, 6.45) is 0. The molecule has 0 aromatic carbocycles. The number of aromatic nitrogens is 4. The standard InChI is InChI=1S/C17H22ClN7O3/c1-9(2)11-7-13(19-16-15(11)10(3)21-24(16)4)25(5-6-26)22-17(27)20-14-8-12(18)23-28-14/h7-9,26H,5-6H2,1-4H3,(H2,20,22,27). The van der Waals surface area contributed by atoms with Gasteiger partial charge in [0, 0.05) is 18.5 Å². The van der Waals surface area contributed by atoms with E-state index in [0.29, 0.717) is 11.5 Å². The minimum atomic E-state index is -0.588.